The standard InChI is InChI=1S/C9H11NS/c1-3-5-8-7-11-9(10-8)6-4-2/h1,7H,4-6H2,2H3. The molecular weight excluding hydrogens is 154 g/mol. The van der Waals surface area contributed by atoms with Gasteiger partial charge in [0, 0.05) is 5.38 Å². The summed E-state index contributed by atoms with van der Waals surface area (Å²) in [7, 11) is 0. The van der Waals surface area contributed by atoms with Crippen LogP contribution in [0.15, 0.2) is 5.38 Å². The van der Waals surface area contributed by atoms with Gasteiger partial charge in [-0.1, -0.05) is 6.92 Å². The molecule has 1 heterocycles. The van der Waals surface area contributed by atoms with Gasteiger partial charge in [-0.3, -0.25) is 0 Å². The third-order valence-corrected chi connectivity index (χ3v) is 2.30. The number of nitrogens with zero attached hydrogens (tertiary/aromatic N) is 1. The van der Waals surface area contributed by atoms with Gasteiger partial charge in [-0.2, -0.15) is 0 Å². The summed E-state index contributed by atoms with van der Waals surface area (Å²) in [5.74, 6) is 2.58. The van der Waals surface area contributed by atoms with Gasteiger partial charge < -0.3 is 0 Å². The zero-order valence-electron chi connectivity index (χ0n) is 6.63. The van der Waals surface area contributed by atoms with Gasteiger partial charge in [0.1, 0.15) is 0 Å². The molecule has 0 atom stereocenters. The van der Waals surface area contributed by atoms with Crippen LogP contribution in [0, 0.1) is 12.3 Å². The van der Waals surface area contributed by atoms with Crippen molar-refractivity contribution in [1.29, 1.82) is 0 Å². The maximum absolute atomic E-state index is 5.16. The molecule has 1 nitrogen and oxygen atoms in total. The van der Waals surface area contributed by atoms with Crippen LogP contribution in [-0.4, -0.2) is 4.98 Å². The highest BCUT2D eigenvalue weighted by Crippen LogP contribution is 2.11. The van der Waals surface area contributed by atoms with E-state index in [0.29, 0.717) is 6.42 Å². The van der Waals surface area contributed by atoms with E-state index in [2.05, 4.69) is 17.8 Å². The average Bonchev–Trinajstić information content (AvgIpc) is 2.38. The third-order valence-electron chi connectivity index (χ3n) is 1.35. The molecule has 0 aliphatic heterocycles. The minimum absolute atomic E-state index is 0.667. The SMILES string of the molecule is C#CCc1csc(CCC)n1. The Balaban J connectivity index is 2.60. The van der Waals surface area contributed by atoms with Gasteiger partial charge >= 0.3 is 0 Å². The summed E-state index contributed by atoms with van der Waals surface area (Å²) < 4.78 is 0. The first-order valence-electron chi connectivity index (χ1n) is 3.73. The Bertz CT molecular complexity index is 257. The smallest absolute Gasteiger partial charge is 0.0928 e. The molecule has 0 fully saturated rings. The molecule has 58 valence electrons. The van der Waals surface area contributed by atoms with Gasteiger partial charge in [-0.05, 0) is 12.8 Å². The first-order valence-corrected chi connectivity index (χ1v) is 4.61. The minimum atomic E-state index is 0.667. The van der Waals surface area contributed by atoms with Crippen LogP contribution in [0.1, 0.15) is 24.0 Å². The van der Waals surface area contributed by atoms with Crippen LogP contribution in [-0.2, 0) is 12.8 Å². The highest BCUT2D eigenvalue weighted by atomic mass is 32.1. The molecule has 0 saturated heterocycles. The largest absolute Gasteiger partial charge is 0.245 e. The molecule has 0 aromatic carbocycles. The van der Waals surface area contributed by atoms with E-state index in [1.165, 1.54) is 5.01 Å². The molecule has 0 spiro atoms. The summed E-state index contributed by atoms with van der Waals surface area (Å²) in [6.07, 6.45) is 8.06. The van der Waals surface area contributed by atoms with Crippen molar-refractivity contribution in [1.82, 2.24) is 4.98 Å². The number of thiazole rings is 1. The van der Waals surface area contributed by atoms with Gasteiger partial charge in [0.25, 0.3) is 0 Å². The molecule has 0 N–H and O–H groups in total. The van der Waals surface area contributed by atoms with Crippen molar-refractivity contribution in [3.63, 3.8) is 0 Å². The maximum atomic E-state index is 5.16. The highest BCUT2D eigenvalue weighted by molar-refractivity contribution is 7.09. The van der Waals surface area contributed by atoms with Crippen LogP contribution in [0.3, 0.4) is 0 Å². The van der Waals surface area contributed by atoms with E-state index in [0.717, 1.165) is 18.5 Å². The Kier molecular flexibility index (Phi) is 3.13. The molecule has 0 unspecified atom stereocenters. The van der Waals surface area contributed by atoms with E-state index < -0.39 is 0 Å². The fraction of sp³-hybridized carbons (Fsp3) is 0.444. The number of aryl methyl sites for hydroxylation is 1. The van der Waals surface area contributed by atoms with E-state index in [1.54, 1.807) is 11.3 Å². The lowest BCUT2D eigenvalue weighted by Crippen LogP contribution is -1.84. The fourth-order valence-corrected chi connectivity index (χ4v) is 1.76. The van der Waals surface area contributed by atoms with Crippen LogP contribution in [0.4, 0.5) is 0 Å². The zero-order valence-corrected chi connectivity index (χ0v) is 7.45. The maximum Gasteiger partial charge on any atom is 0.0928 e. The normalized spacial score (nSPS) is 9.45. The Morgan fingerprint density at radius 2 is 2.55 bits per heavy atom. The molecule has 1 aromatic heterocycles. The Labute approximate surface area is 71.5 Å². The van der Waals surface area contributed by atoms with E-state index >= 15 is 0 Å². The predicted octanol–water partition coefficient (Wildman–Crippen LogP) is 2.27. The van der Waals surface area contributed by atoms with Crippen molar-refractivity contribution in [3.8, 4) is 12.3 Å². The monoisotopic (exact) mass is 165 g/mol. The number of terminal acetylenes is 1. The van der Waals surface area contributed by atoms with Gasteiger partial charge in [0.15, 0.2) is 0 Å². The van der Waals surface area contributed by atoms with Crippen molar-refractivity contribution in [2.75, 3.05) is 0 Å². The summed E-state index contributed by atoms with van der Waals surface area (Å²) in [6.45, 7) is 2.16. The molecule has 2 heteroatoms. The van der Waals surface area contributed by atoms with Crippen LogP contribution < -0.4 is 0 Å². The predicted molar refractivity (Wildman–Crippen MR) is 48.6 cm³/mol. The first-order chi connectivity index (χ1) is 5.36. The van der Waals surface area contributed by atoms with Gasteiger partial charge in [-0.25, -0.2) is 4.98 Å². The summed E-state index contributed by atoms with van der Waals surface area (Å²) in [6, 6.07) is 0. The lowest BCUT2D eigenvalue weighted by atomic mass is 10.3. The Morgan fingerprint density at radius 3 is 3.18 bits per heavy atom. The van der Waals surface area contributed by atoms with Gasteiger partial charge in [0.2, 0.25) is 0 Å². The average molecular weight is 165 g/mol. The van der Waals surface area contributed by atoms with Gasteiger partial charge in [-0.15, -0.1) is 23.7 Å². The van der Waals surface area contributed by atoms with Crippen LogP contribution >= 0.6 is 11.3 Å². The summed E-state index contributed by atoms with van der Waals surface area (Å²) >= 11 is 1.71. The van der Waals surface area contributed by atoms with Crippen molar-refractivity contribution in [2.24, 2.45) is 0 Å². The van der Waals surface area contributed by atoms with Crippen LogP contribution in [0.2, 0.25) is 0 Å². The molecule has 0 amide bonds. The Hall–Kier alpha value is -0.810. The van der Waals surface area contributed by atoms with Gasteiger partial charge in [0.05, 0.1) is 17.1 Å². The van der Waals surface area contributed by atoms with E-state index in [1.807, 2.05) is 5.38 Å². The van der Waals surface area contributed by atoms with Crippen molar-refractivity contribution >= 4 is 11.3 Å². The van der Waals surface area contributed by atoms with E-state index in [-0.39, 0.29) is 0 Å². The van der Waals surface area contributed by atoms with Crippen molar-refractivity contribution in [3.05, 3.63) is 16.1 Å². The molecule has 0 radical (unpaired) electrons. The molecule has 1 rings (SSSR count). The molecule has 0 saturated carbocycles. The molecule has 1 aromatic rings. The van der Waals surface area contributed by atoms with Crippen LogP contribution in [0.25, 0.3) is 0 Å². The fourth-order valence-electron chi connectivity index (χ4n) is 0.863. The first kappa shape index (κ1) is 8.29. The molecular formula is C9H11NS. The van der Waals surface area contributed by atoms with E-state index in [9.17, 15) is 0 Å². The zero-order chi connectivity index (χ0) is 8.10. The number of hydrogen-bond donors (Lipinski definition) is 0. The van der Waals surface area contributed by atoms with E-state index in [4.69, 9.17) is 6.42 Å². The number of aromatic nitrogens is 1. The molecule has 0 aliphatic rings. The number of rotatable bonds is 3. The number of hydrogen-bond acceptors (Lipinski definition) is 2. The minimum Gasteiger partial charge on any atom is -0.245 e. The van der Waals surface area contributed by atoms with Crippen LogP contribution in [0.5, 0.6) is 0 Å². The van der Waals surface area contributed by atoms with Crippen molar-refractivity contribution < 1.29 is 0 Å². The third kappa shape index (κ3) is 2.36. The quantitative estimate of drug-likeness (QED) is 0.626. The molecule has 11 heavy (non-hydrogen) atoms. The summed E-state index contributed by atoms with van der Waals surface area (Å²) in [5.41, 5.74) is 1.04. The molecule has 0 aliphatic carbocycles. The van der Waals surface area contributed by atoms with Crippen molar-refractivity contribution in [2.45, 2.75) is 26.2 Å². The lowest BCUT2D eigenvalue weighted by Gasteiger charge is -1.87. The lowest BCUT2D eigenvalue weighted by molar-refractivity contribution is 0.900. The molecule has 0 bridgehead atoms. The summed E-state index contributed by atoms with van der Waals surface area (Å²) in [4.78, 5) is 4.37. The highest BCUT2D eigenvalue weighted by Gasteiger charge is 1.98. The topological polar surface area (TPSA) is 12.9 Å². The summed E-state index contributed by atoms with van der Waals surface area (Å²) in [5, 5.41) is 3.25. The Morgan fingerprint density at radius 1 is 1.73 bits per heavy atom. The second kappa shape index (κ2) is 4.15. The second-order valence-corrected chi connectivity index (χ2v) is 3.31. The second-order valence-electron chi connectivity index (χ2n) is 2.36.